The summed E-state index contributed by atoms with van der Waals surface area (Å²) in [4.78, 5) is 7.04. The quantitative estimate of drug-likeness (QED) is 0.204. The number of aromatic nitrogens is 5. The fraction of sp³-hybridized carbons (Fsp3) is 0.364. The monoisotopic (exact) mass is 541 g/mol. The Morgan fingerprint density at radius 2 is 1.84 bits per heavy atom. The molecule has 202 valence electrons. The first kappa shape index (κ1) is 28.2. The molecule has 0 bridgehead atoms. The number of aliphatic imine (C=N–C) groups is 1. The van der Waals surface area contributed by atoms with Crippen molar-refractivity contribution in [2.24, 2.45) is 12.0 Å². The minimum atomic E-state index is -4.76. The van der Waals surface area contributed by atoms with Gasteiger partial charge in [-0.15, -0.1) is 10.1 Å². The van der Waals surface area contributed by atoms with Crippen molar-refractivity contribution in [1.82, 2.24) is 30.3 Å². The second-order valence-electron chi connectivity index (χ2n) is 7.89. The molecule has 0 aliphatic rings. The number of aryl methyl sites for hydroxylation is 2. The van der Waals surface area contributed by atoms with Crippen molar-refractivity contribution in [3.05, 3.63) is 46.5 Å². The third-order valence-corrected chi connectivity index (χ3v) is 5.04. The highest BCUT2D eigenvalue weighted by molar-refractivity contribution is 5.95. The minimum Gasteiger partial charge on any atom is -0.478 e. The second kappa shape index (κ2) is 10.9. The smallest absolute Gasteiger partial charge is 0.435 e. The average Bonchev–Trinajstić information content (AvgIpc) is 3.21. The van der Waals surface area contributed by atoms with Crippen LogP contribution in [-0.4, -0.2) is 37.5 Å². The van der Waals surface area contributed by atoms with Gasteiger partial charge in [-0.3, -0.25) is 4.68 Å². The van der Waals surface area contributed by atoms with Crippen LogP contribution in [0.25, 0.3) is 11.3 Å². The molecule has 10 nitrogen and oxygen atoms in total. The number of rotatable bonds is 6. The lowest BCUT2D eigenvalue weighted by Gasteiger charge is -2.17. The fourth-order valence-corrected chi connectivity index (χ4v) is 3.37. The largest absolute Gasteiger partial charge is 0.478 e. The van der Waals surface area contributed by atoms with E-state index in [2.05, 4.69) is 35.9 Å². The molecule has 3 heterocycles. The van der Waals surface area contributed by atoms with Crippen LogP contribution in [0.2, 0.25) is 0 Å². The zero-order chi connectivity index (χ0) is 28.3. The lowest BCUT2D eigenvalue weighted by Crippen LogP contribution is -2.31. The van der Waals surface area contributed by atoms with Gasteiger partial charge in [0, 0.05) is 18.8 Å². The van der Waals surface area contributed by atoms with E-state index < -0.39 is 23.7 Å². The van der Waals surface area contributed by atoms with Crippen LogP contribution in [0.5, 0.6) is 5.88 Å². The number of anilines is 1. The van der Waals surface area contributed by atoms with E-state index in [0.29, 0.717) is 5.56 Å². The molecule has 0 saturated heterocycles. The fourth-order valence-electron chi connectivity index (χ4n) is 3.37. The highest BCUT2D eigenvalue weighted by Gasteiger charge is 2.38. The summed E-state index contributed by atoms with van der Waals surface area (Å²) in [5, 5.41) is 25.7. The number of halogens is 6. The first-order valence-electron chi connectivity index (χ1n) is 10.9. The zero-order valence-corrected chi connectivity index (χ0v) is 20.5. The third kappa shape index (κ3) is 6.47. The van der Waals surface area contributed by atoms with Crippen LogP contribution in [0.15, 0.2) is 23.3 Å². The summed E-state index contributed by atoms with van der Waals surface area (Å²) in [6.45, 7) is 4.56. The summed E-state index contributed by atoms with van der Waals surface area (Å²) in [6.07, 6.45) is -6.74. The summed E-state index contributed by atoms with van der Waals surface area (Å²) in [6, 6.07) is 2.22. The van der Waals surface area contributed by atoms with Gasteiger partial charge in [-0.25, -0.2) is 4.98 Å². The SMILES string of the molecule is CCOc1nc(C(F)(F)F)cc(N/C(=N\C#N)NCc2cc(C)c(-c3cn(C)nc3C(F)(F)F)nn2)c1C. The molecule has 0 spiro atoms. The summed E-state index contributed by atoms with van der Waals surface area (Å²) < 4.78 is 86.3. The number of nitrogens with one attached hydrogen (secondary N) is 2. The number of nitrogens with zero attached hydrogens (tertiary/aromatic N) is 7. The van der Waals surface area contributed by atoms with Crippen molar-refractivity contribution in [3.8, 4) is 23.3 Å². The lowest BCUT2D eigenvalue weighted by atomic mass is 10.1. The molecule has 0 unspecified atom stereocenters. The number of ether oxygens (including phenoxy) is 1. The van der Waals surface area contributed by atoms with E-state index in [1.165, 1.54) is 39.4 Å². The number of pyridine rings is 1. The first-order valence-corrected chi connectivity index (χ1v) is 10.9. The van der Waals surface area contributed by atoms with Crippen molar-refractivity contribution < 1.29 is 31.1 Å². The van der Waals surface area contributed by atoms with Gasteiger partial charge in [0.05, 0.1) is 35.8 Å². The van der Waals surface area contributed by atoms with Crippen molar-refractivity contribution in [2.75, 3.05) is 11.9 Å². The Bertz CT molecular complexity index is 1390. The standard InChI is InChI=1S/C22H21F6N9O/c1-5-38-19-12(3)15(7-16(33-19)21(23,24)25)32-20(31-10-29)30-8-13-6-11(2)17(35-34-13)14-9-37(4)36-18(14)22(26,27)28/h6-7,9H,5,8H2,1-4H3,(H2,30,31,32,33). The summed E-state index contributed by atoms with van der Waals surface area (Å²) in [7, 11) is 1.35. The van der Waals surface area contributed by atoms with E-state index in [9.17, 15) is 26.3 Å². The van der Waals surface area contributed by atoms with Crippen molar-refractivity contribution in [2.45, 2.75) is 39.7 Å². The Hall–Kier alpha value is -4.42. The van der Waals surface area contributed by atoms with Crippen molar-refractivity contribution in [1.29, 1.82) is 5.26 Å². The van der Waals surface area contributed by atoms with Gasteiger partial charge in [-0.2, -0.15) is 41.8 Å². The summed E-state index contributed by atoms with van der Waals surface area (Å²) >= 11 is 0. The number of alkyl halides is 6. The maximum Gasteiger partial charge on any atom is 0.435 e. The van der Waals surface area contributed by atoms with Crippen LogP contribution in [-0.2, 0) is 25.9 Å². The highest BCUT2D eigenvalue weighted by Crippen LogP contribution is 2.36. The molecule has 2 N–H and O–H groups in total. The average molecular weight is 541 g/mol. The van der Waals surface area contributed by atoms with Crippen LogP contribution in [0.1, 0.15) is 35.1 Å². The molecule has 0 aromatic carbocycles. The van der Waals surface area contributed by atoms with Gasteiger partial charge in [0.1, 0.15) is 0 Å². The molecular formula is C22H21F6N9O. The normalized spacial score (nSPS) is 12.3. The number of hydrogen-bond acceptors (Lipinski definition) is 7. The molecule has 16 heteroatoms. The molecule has 0 atom stereocenters. The van der Waals surface area contributed by atoms with E-state index in [0.717, 1.165) is 10.7 Å². The number of nitriles is 1. The van der Waals surface area contributed by atoms with E-state index in [4.69, 9.17) is 10.00 Å². The summed E-state index contributed by atoms with van der Waals surface area (Å²) in [5.41, 5.74) is -1.78. The van der Waals surface area contributed by atoms with Gasteiger partial charge in [0.15, 0.2) is 11.4 Å². The van der Waals surface area contributed by atoms with Crippen molar-refractivity contribution >= 4 is 11.6 Å². The second-order valence-corrected chi connectivity index (χ2v) is 7.89. The lowest BCUT2D eigenvalue weighted by molar-refractivity contribution is -0.142. The Morgan fingerprint density at radius 3 is 2.42 bits per heavy atom. The molecule has 0 aliphatic carbocycles. The van der Waals surface area contributed by atoms with Gasteiger partial charge in [0.2, 0.25) is 18.0 Å². The molecule has 3 aromatic rings. The minimum absolute atomic E-state index is 0.0197. The van der Waals surface area contributed by atoms with E-state index >= 15 is 0 Å². The highest BCUT2D eigenvalue weighted by atomic mass is 19.4. The molecule has 3 aromatic heterocycles. The van der Waals surface area contributed by atoms with Crippen LogP contribution in [0.3, 0.4) is 0 Å². The van der Waals surface area contributed by atoms with Crippen LogP contribution in [0, 0.1) is 25.3 Å². The van der Waals surface area contributed by atoms with Gasteiger partial charge in [0.25, 0.3) is 0 Å². The Kier molecular flexibility index (Phi) is 8.08. The van der Waals surface area contributed by atoms with Gasteiger partial charge in [-0.1, -0.05) is 0 Å². The zero-order valence-electron chi connectivity index (χ0n) is 20.5. The predicted molar refractivity (Wildman–Crippen MR) is 123 cm³/mol. The number of guanidine groups is 1. The van der Waals surface area contributed by atoms with Crippen LogP contribution >= 0.6 is 0 Å². The maximum absolute atomic E-state index is 13.4. The Balaban J connectivity index is 1.85. The molecular weight excluding hydrogens is 520 g/mol. The van der Waals surface area contributed by atoms with Crippen LogP contribution < -0.4 is 15.4 Å². The van der Waals surface area contributed by atoms with Gasteiger partial charge in [-0.05, 0) is 38.5 Å². The van der Waals surface area contributed by atoms with Crippen LogP contribution in [0.4, 0.5) is 32.0 Å². The first-order chi connectivity index (χ1) is 17.7. The molecule has 0 amide bonds. The van der Waals surface area contributed by atoms with Gasteiger partial charge >= 0.3 is 12.4 Å². The third-order valence-electron chi connectivity index (χ3n) is 5.04. The van der Waals surface area contributed by atoms with E-state index in [-0.39, 0.29) is 53.2 Å². The summed E-state index contributed by atoms with van der Waals surface area (Å²) in [5.74, 6) is -0.459. The molecule has 0 aliphatic heterocycles. The van der Waals surface area contributed by atoms with Gasteiger partial charge < -0.3 is 15.4 Å². The Morgan fingerprint density at radius 1 is 1.13 bits per heavy atom. The van der Waals surface area contributed by atoms with E-state index in [1.807, 2.05) is 0 Å². The van der Waals surface area contributed by atoms with E-state index in [1.54, 1.807) is 6.92 Å². The Labute approximate surface area is 212 Å². The molecule has 0 radical (unpaired) electrons. The molecule has 0 fully saturated rings. The maximum atomic E-state index is 13.4. The molecule has 3 rings (SSSR count). The topological polar surface area (TPSA) is 126 Å². The predicted octanol–water partition coefficient (Wildman–Crippen LogP) is 4.36. The molecule has 0 saturated carbocycles. The van der Waals surface area contributed by atoms with Crippen molar-refractivity contribution in [3.63, 3.8) is 0 Å². The molecule has 38 heavy (non-hydrogen) atoms. The number of hydrogen-bond donors (Lipinski definition) is 2.